The van der Waals surface area contributed by atoms with Crippen LogP contribution < -0.4 is 0 Å². The number of nitrogens with zero attached hydrogens (tertiary/aromatic N) is 1. The summed E-state index contributed by atoms with van der Waals surface area (Å²) in [5, 5.41) is 0.741. The summed E-state index contributed by atoms with van der Waals surface area (Å²) in [6.07, 6.45) is 1.46. The van der Waals surface area contributed by atoms with Crippen LogP contribution in [-0.2, 0) is 0 Å². The van der Waals surface area contributed by atoms with Crippen molar-refractivity contribution in [3.05, 3.63) is 12.8 Å². The van der Waals surface area contributed by atoms with Gasteiger partial charge in [0.05, 0.1) is 5.04 Å². The second-order valence-electron chi connectivity index (χ2n) is 0.859. The predicted octanol–water partition coefficient (Wildman–Crippen LogP) is 1.48. The first kappa shape index (κ1) is 5.76. The zero-order chi connectivity index (χ0) is 4.99. The summed E-state index contributed by atoms with van der Waals surface area (Å²) >= 11 is 3.86. The van der Waals surface area contributed by atoms with Gasteiger partial charge in [-0.05, 0) is 6.92 Å². The molecule has 0 saturated carbocycles. The van der Waals surface area contributed by atoms with Crippen LogP contribution in [0.5, 0.6) is 0 Å². The van der Waals surface area contributed by atoms with Gasteiger partial charge in [-0.3, -0.25) is 4.99 Å². The fourth-order valence-electron chi connectivity index (χ4n) is 0.132. The summed E-state index contributed by atoms with van der Waals surface area (Å²) in [6.45, 7) is 5.16. The van der Waals surface area contributed by atoms with Crippen molar-refractivity contribution in [3.8, 4) is 0 Å². The highest BCUT2D eigenvalue weighted by atomic mass is 32.1. The Labute approximate surface area is 43.2 Å². The summed E-state index contributed by atoms with van der Waals surface area (Å²) < 4.78 is 0. The molecule has 0 aliphatic heterocycles. The Balaban J connectivity index is 3.41. The topological polar surface area (TPSA) is 12.4 Å². The number of hydrogen-bond acceptors (Lipinski definition) is 1. The average molecular weight is 101 g/mol. The summed E-state index contributed by atoms with van der Waals surface area (Å²) in [5.74, 6) is 0. The van der Waals surface area contributed by atoms with Crippen molar-refractivity contribution >= 4 is 17.7 Å². The van der Waals surface area contributed by atoms with E-state index in [0.29, 0.717) is 0 Å². The van der Waals surface area contributed by atoms with Crippen LogP contribution in [-0.4, -0.2) is 5.04 Å². The molecule has 0 spiro atoms. The van der Waals surface area contributed by atoms with Gasteiger partial charge in [-0.15, -0.1) is 12.6 Å². The van der Waals surface area contributed by atoms with Crippen molar-refractivity contribution in [1.82, 2.24) is 0 Å². The second kappa shape index (κ2) is 2.97. The molecule has 0 N–H and O–H groups in total. The van der Waals surface area contributed by atoms with E-state index in [1.165, 1.54) is 6.20 Å². The molecule has 1 nitrogen and oxygen atoms in total. The van der Waals surface area contributed by atoms with Gasteiger partial charge in [-0.2, -0.15) is 0 Å². The Bertz CT molecular complexity index is 71.6. The molecule has 0 bridgehead atoms. The lowest BCUT2D eigenvalue weighted by Gasteiger charge is -1.75. The Morgan fingerprint density at radius 2 is 2.50 bits per heavy atom. The number of hydrogen-bond donors (Lipinski definition) is 1. The maximum absolute atomic E-state index is 3.86. The third-order valence-electron chi connectivity index (χ3n) is 0.278. The predicted molar refractivity (Wildman–Crippen MR) is 32.3 cm³/mol. The van der Waals surface area contributed by atoms with Crippen LogP contribution in [0.25, 0.3) is 0 Å². The summed E-state index contributed by atoms with van der Waals surface area (Å²) in [6, 6.07) is 0. The van der Waals surface area contributed by atoms with Crippen LogP contribution in [0.2, 0.25) is 0 Å². The largest absolute Gasteiger partial charge is 0.256 e. The second-order valence-corrected chi connectivity index (χ2v) is 1.51. The van der Waals surface area contributed by atoms with Gasteiger partial charge >= 0.3 is 0 Å². The van der Waals surface area contributed by atoms with E-state index in [9.17, 15) is 0 Å². The van der Waals surface area contributed by atoms with Gasteiger partial charge in [0, 0.05) is 6.20 Å². The van der Waals surface area contributed by atoms with Gasteiger partial charge in [0.25, 0.3) is 0 Å². The smallest absolute Gasteiger partial charge is 0.0669 e. The summed E-state index contributed by atoms with van der Waals surface area (Å²) in [7, 11) is 0. The van der Waals surface area contributed by atoms with Crippen LogP contribution in [0.15, 0.2) is 17.8 Å². The van der Waals surface area contributed by atoms with E-state index in [2.05, 4.69) is 24.2 Å². The van der Waals surface area contributed by atoms with Crippen molar-refractivity contribution in [2.45, 2.75) is 6.92 Å². The van der Waals surface area contributed by atoms with Crippen LogP contribution in [0.4, 0.5) is 0 Å². The first-order valence-electron chi connectivity index (χ1n) is 1.61. The Kier molecular flexibility index (Phi) is 2.85. The van der Waals surface area contributed by atoms with Crippen LogP contribution in [0.1, 0.15) is 6.92 Å². The minimum Gasteiger partial charge on any atom is -0.256 e. The van der Waals surface area contributed by atoms with Gasteiger partial charge in [-0.1, -0.05) is 6.58 Å². The highest BCUT2D eigenvalue weighted by Gasteiger charge is 1.66. The molecule has 0 saturated heterocycles. The molecule has 0 amide bonds. The van der Waals surface area contributed by atoms with E-state index in [-0.39, 0.29) is 0 Å². The van der Waals surface area contributed by atoms with Gasteiger partial charge in [0.1, 0.15) is 0 Å². The first-order chi connectivity index (χ1) is 2.77. The highest BCUT2D eigenvalue weighted by molar-refractivity contribution is 7.96. The summed E-state index contributed by atoms with van der Waals surface area (Å²) in [5.41, 5.74) is 0. The number of rotatable bonds is 1. The molecule has 0 aromatic carbocycles. The SMILES string of the molecule is C=C/N=C(/C)S. The van der Waals surface area contributed by atoms with Crippen molar-refractivity contribution in [3.63, 3.8) is 0 Å². The maximum atomic E-state index is 3.86. The minimum atomic E-state index is 0.741. The molecule has 0 aromatic heterocycles. The fourth-order valence-corrected chi connectivity index (χ4v) is 0.214. The zero-order valence-electron chi connectivity index (χ0n) is 3.68. The lowest BCUT2D eigenvalue weighted by molar-refractivity contribution is 1.59. The lowest BCUT2D eigenvalue weighted by atomic mass is 10.8. The average Bonchev–Trinajstić information content (AvgIpc) is 1.35. The molecule has 2 heteroatoms. The molecular formula is C4H7NS. The first-order valence-corrected chi connectivity index (χ1v) is 2.06. The maximum Gasteiger partial charge on any atom is 0.0669 e. The molecule has 6 heavy (non-hydrogen) atoms. The molecular weight excluding hydrogens is 94.1 g/mol. The van der Waals surface area contributed by atoms with E-state index in [1.807, 2.05) is 0 Å². The van der Waals surface area contributed by atoms with E-state index in [1.54, 1.807) is 6.92 Å². The molecule has 0 aliphatic carbocycles. The monoisotopic (exact) mass is 101 g/mol. The molecule has 0 radical (unpaired) electrons. The molecule has 0 unspecified atom stereocenters. The summed E-state index contributed by atoms with van der Waals surface area (Å²) in [4.78, 5) is 3.67. The molecule has 34 valence electrons. The Hall–Kier alpha value is -0.240. The van der Waals surface area contributed by atoms with Gasteiger partial charge < -0.3 is 0 Å². The molecule has 0 aromatic rings. The minimum absolute atomic E-state index is 0.741. The molecule has 0 aliphatic rings. The van der Waals surface area contributed by atoms with E-state index in [4.69, 9.17) is 0 Å². The van der Waals surface area contributed by atoms with E-state index < -0.39 is 0 Å². The van der Waals surface area contributed by atoms with Gasteiger partial charge in [-0.25, -0.2) is 0 Å². The number of aliphatic imine (C=N–C) groups is 1. The van der Waals surface area contributed by atoms with Crippen molar-refractivity contribution in [2.75, 3.05) is 0 Å². The standard InChI is InChI=1S/C4H7NS/c1-3-5-4(2)6/h3H,1H2,2H3,(H,5,6). The van der Waals surface area contributed by atoms with Crippen LogP contribution in [0, 0.1) is 0 Å². The molecule has 0 rings (SSSR count). The molecule has 0 heterocycles. The van der Waals surface area contributed by atoms with Crippen LogP contribution >= 0.6 is 12.6 Å². The van der Waals surface area contributed by atoms with Gasteiger partial charge in [0.2, 0.25) is 0 Å². The molecule has 0 fully saturated rings. The quantitative estimate of drug-likeness (QED) is 0.292. The third kappa shape index (κ3) is 3.76. The lowest BCUT2D eigenvalue weighted by Crippen LogP contribution is -1.67. The number of thiol groups is 1. The third-order valence-corrected chi connectivity index (χ3v) is 0.394. The van der Waals surface area contributed by atoms with E-state index >= 15 is 0 Å². The molecule has 0 atom stereocenters. The highest BCUT2D eigenvalue weighted by Crippen LogP contribution is 1.79. The Morgan fingerprint density at radius 3 is 2.50 bits per heavy atom. The zero-order valence-corrected chi connectivity index (χ0v) is 4.57. The van der Waals surface area contributed by atoms with Crippen molar-refractivity contribution in [2.24, 2.45) is 4.99 Å². The normalized spacial score (nSPS) is 11.3. The van der Waals surface area contributed by atoms with E-state index in [0.717, 1.165) is 5.04 Å². The van der Waals surface area contributed by atoms with Crippen molar-refractivity contribution < 1.29 is 0 Å². The Morgan fingerprint density at radius 1 is 2.00 bits per heavy atom. The van der Waals surface area contributed by atoms with Gasteiger partial charge in [0.15, 0.2) is 0 Å². The van der Waals surface area contributed by atoms with Crippen LogP contribution in [0.3, 0.4) is 0 Å². The van der Waals surface area contributed by atoms with Crippen molar-refractivity contribution in [1.29, 1.82) is 0 Å². The fraction of sp³-hybridized carbons (Fsp3) is 0.250.